The number of hydrogen-bond acceptors (Lipinski definition) is 2. The smallest absolute Gasteiger partial charge is 0.0450 e. The van der Waals surface area contributed by atoms with Gasteiger partial charge in [0.1, 0.15) is 0 Å². The van der Waals surface area contributed by atoms with Crippen molar-refractivity contribution in [1.82, 2.24) is 4.98 Å². The topological polar surface area (TPSA) is 38.9 Å². The third kappa shape index (κ3) is 2.71. The second-order valence-corrected chi connectivity index (χ2v) is 4.98. The molecular weight excluding hydrogens is 244 g/mol. The first-order valence-corrected chi connectivity index (χ1v) is 6.40. The monoisotopic (exact) mass is 260 g/mol. The minimum atomic E-state index is -0.0991. The third-order valence-electron chi connectivity index (χ3n) is 3.27. The molecule has 1 aromatic heterocycles. The number of aromatic nitrogens is 1. The standard InChI is InChI=1S/C15H17ClN2/c1-10-6-7-12(9-13(10)16)15(17)11(2)14-5-3-4-8-18-14/h3-9,11,15H,17H2,1-2H3. The van der Waals surface area contributed by atoms with Crippen molar-refractivity contribution in [2.24, 2.45) is 5.73 Å². The average molecular weight is 261 g/mol. The SMILES string of the molecule is Cc1ccc(C(N)C(C)c2ccccn2)cc1Cl. The highest BCUT2D eigenvalue weighted by Gasteiger charge is 2.18. The van der Waals surface area contributed by atoms with Crippen LogP contribution in [0.15, 0.2) is 42.6 Å². The van der Waals surface area contributed by atoms with Crippen molar-refractivity contribution in [3.8, 4) is 0 Å². The van der Waals surface area contributed by atoms with Gasteiger partial charge < -0.3 is 5.73 Å². The molecule has 2 N–H and O–H groups in total. The van der Waals surface area contributed by atoms with Crippen LogP contribution in [-0.2, 0) is 0 Å². The molecule has 0 aliphatic rings. The number of hydrogen-bond donors (Lipinski definition) is 1. The Morgan fingerprint density at radius 2 is 2.00 bits per heavy atom. The molecule has 0 saturated heterocycles. The maximum absolute atomic E-state index is 6.29. The third-order valence-corrected chi connectivity index (χ3v) is 3.68. The number of benzene rings is 1. The largest absolute Gasteiger partial charge is 0.323 e. The Bertz CT molecular complexity index is 525. The van der Waals surface area contributed by atoms with Gasteiger partial charge in [0.05, 0.1) is 0 Å². The van der Waals surface area contributed by atoms with Crippen molar-refractivity contribution in [3.05, 3.63) is 64.4 Å². The molecule has 0 saturated carbocycles. The summed E-state index contributed by atoms with van der Waals surface area (Å²) in [5, 5.41) is 0.760. The van der Waals surface area contributed by atoms with Gasteiger partial charge in [0, 0.05) is 28.9 Å². The van der Waals surface area contributed by atoms with Gasteiger partial charge in [0.25, 0.3) is 0 Å². The molecule has 1 aromatic carbocycles. The summed E-state index contributed by atoms with van der Waals surface area (Å²) < 4.78 is 0. The lowest BCUT2D eigenvalue weighted by atomic mass is 9.92. The molecule has 0 radical (unpaired) electrons. The van der Waals surface area contributed by atoms with Crippen LogP contribution in [0.5, 0.6) is 0 Å². The lowest BCUT2D eigenvalue weighted by Crippen LogP contribution is -2.18. The molecule has 0 amide bonds. The molecule has 0 spiro atoms. The number of halogens is 1. The fraction of sp³-hybridized carbons (Fsp3) is 0.267. The maximum atomic E-state index is 6.29. The van der Waals surface area contributed by atoms with Crippen molar-refractivity contribution >= 4 is 11.6 Å². The lowest BCUT2D eigenvalue weighted by molar-refractivity contribution is 0.584. The van der Waals surface area contributed by atoms with Gasteiger partial charge in [-0.15, -0.1) is 0 Å². The molecule has 3 heteroatoms. The summed E-state index contributed by atoms with van der Waals surface area (Å²) in [5.74, 6) is 0.157. The molecule has 0 aliphatic carbocycles. The fourth-order valence-electron chi connectivity index (χ4n) is 1.93. The molecule has 0 fully saturated rings. The predicted molar refractivity (Wildman–Crippen MR) is 75.8 cm³/mol. The zero-order valence-corrected chi connectivity index (χ0v) is 11.4. The van der Waals surface area contributed by atoms with E-state index >= 15 is 0 Å². The highest BCUT2D eigenvalue weighted by Crippen LogP contribution is 2.29. The zero-order valence-electron chi connectivity index (χ0n) is 10.6. The Kier molecular flexibility index (Phi) is 4.00. The van der Waals surface area contributed by atoms with E-state index < -0.39 is 0 Å². The summed E-state index contributed by atoms with van der Waals surface area (Å²) in [5.41, 5.74) is 9.41. The van der Waals surface area contributed by atoms with Gasteiger partial charge in [-0.25, -0.2) is 0 Å². The van der Waals surface area contributed by atoms with E-state index in [4.69, 9.17) is 17.3 Å². The first-order chi connectivity index (χ1) is 8.59. The minimum absolute atomic E-state index is 0.0991. The Morgan fingerprint density at radius 1 is 1.22 bits per heavy atom. The van der Waals surface area contributed by atoms with E-state index in [0.717, 1.165) is 21.8 Å². The molecule has 0 bridgehead atoms. The number of nitrogens with two attached hydrogens (primary N) is 1. The predicted octanol–water partition coefficient (Wildman–Crippen LogP) is 3.85. The van der Waals surface area contributed by atoms with Crippen LogP contribution in [-0.4, -0.2) is 4.98 Å². The van der Waals surface area contributed by atoms with Crippen molar-refractivity contribution in [3.63, 3.8) is 0 Å². The Labute approximate surface area is 113 Å². The second kappa shape index (κ2) is 5.51. The number of rotatable bonds is 3. The van der Waals surface area contributed by atoms with E-state index in [9.17, 15) is 0 Å². The molecule has 2 rings (SSSR count). The molecule has 0 aliphatic heterocycles. The Hall–Kier alpha value is -1.38. The average Bonchev–Trinajstić information content (AvgIpc) is 2.41. The summed E-state index contributed by atoms with van der Waals surface area (Å²) in [7, 11) is 0. The van der Waals surface area contributed by atoms with E-state index in [0.29, 0.717) is 0 Å². The van der Waals surface area contributed by atoms with Crippen LogP contribution < -0.4 is 5.73 Å². The quantitative estimate of drug-likeness (QED) is 0.911. The van der Waals surface area contributed by atoms with Crippen molar-refractivity contribution in [2.45, 2.75) is 25.8 Å². The van der Waals surface area contributed by atoms with E-state index in [1.807, 2.05) is 43.3 Å². The van der Waals surface area contributed by atoms with Crippen LogP contribution >= 0.6 is 11.6 Å². The van der Waals surface area contributed by atoms with E-state index in [-0.39, 0.29) is 12.0 Å². The van der Waals surface area contributed by atoms with Gasteiger partial charge in [-0.05, 0) is 36.2 Å². The molecule has 94 valence electrons. The van der Waals surface area contributed by atoms with Crippen molar-refractivity contribution in [2.75, 3.05) is 0 Å². The van der Waals surface area contributed by atoms with Crippen LogP contribution in [0.1, 0.15) is 35.7 Å². The molecule has 1 heterocycles. The van der Waals surface area contributed by atoms with E-state index in [1.54, 1.807) is 6.20 Å². The molecule has 18 heavy (non-hydrogen) atoms. The van der Waals surface area contributed by atoms with Gasteiger partial charge in [-0.2, -0.15) is 0 Å². The molecule has 2 atom stereocenters. The van der Waals surface area contributed by atoms with Gasteiger partial charge in [-0.3, -0.25) is 4.98 Å². The first-order valence-electron chi connectivity index (χ1n) is 6.02. The molecule has 2 nitrogen and oxygen atoms in total. The normalized spacial score (nSPS) is 14.2. The van der Waals surface area contributed by atoms with Crippen molar-refractivity contribution in [1.29, 1.82) is 0 Å². The van der Waals surface area contributed by atoms with Crippen LogP contribution in [0.2, 0.25) is 5.02 Å². The van der Waals surface area contributed by atoms with Crippen LogP contribution in [0.4, 0.5) is 0 Å². The highest BCUT2D eigenvalue weighted by molar-refractivity contribution is 6.31. The van der Waals surface area contributed by atoms with Gasteiger partial charge >= 0.3 is 0 Å². The Morgan fingerprint density at radius 3 is 2.61 bits per heavy atom. The van der Waals surface area contributed by atoms with Crippen LogP contribution in [0.25, 0.3) is 0 Å². The van der Waals surface area contributed by atoms with Crippen LogP contribution in [0.3, 0.4) is 0 Å². The highest BCUT2D eigenvalue weighted by atomic mass is 35.5. The van der Waals surface area contributed by atoms with Gasteiger partial charge in [0.2, 0.25) is 0 Å². The van der Waals surface area contributed by atoms with Crippen molar-refractivity contribution < 1.29 is 0 Å². The van der Waals surface area contributed by atoms with Gasteiger partial charge in [0.15, 0.2) is 0 Å². The molecular formula is C15H17ClN2. The molecule has 2 unspecified atom stereocenters. The molecule has 2 aromatic rings. The number of nitrogens with zero attached hydrogens (tertiary/aromatic N) is 1. The number of aryl methyl sites for hydroxylation is 1. The second-order valence-electron chi connectivity index (χ2n) is 4.58. The summed E-state index contributed by atoms with van der Waals surface area (Å²) in [4.78, 5) is 4.35. The Balaban J connectivity index is 2.25. The van der Waals surface area contributed by atoms with Gasteiger partial charge in [-0.1, -0.05) is 36.7 Å². The first kappa shape index (κ1) is 13.1. The van der Waals surface area contributed by atoms with E-state index in [1.165, 1.54) is 0 Å². The summed E-state index contributed by atoms with van der Waals surface area (Å²) in [6.07, 6.45) is 1.79. The maximum Gasteiger partial charge on any atom is 0.0450 e. The zero-order chi connectivity index (χ0) is 13.1. The summed E-state index contributed by atoms with van der Waals surface area (Å²) >= 11 is 6.14. The summed E-state index contributed by atoms with van der Waals surface area (Å²) in [6.45, 7) is 4.07. The fourth-order valence-corrected chi connectivity index (χ4v) is 2.12. The minimum Gasteiger partial charge on any atom is -0.323 e. The van der Waals surface area contributed by atoms with Crippen LogP contribution in [0, 0.1) is 6.92 Å². The van der Waals surface area contributed by atoms with E-state index in [2.05, 4.69) is 11.9 Å². The number of pyridine rings is 1. The lowest BCUT2D eigenvalue weighted by Gasteiger charge is -2.20. The summed E-state index contributed by atoms with van der Waals surface area (Å²) in [6, 6.07) is 11.8.